The van der Waals surface area contributed by atoms with E-state index >= 15 is 0 Å². The Morgan fingerprint density at radius 1 is 1.35 bits per heavy atom. The summed E-state index contributed by atoms with van der Waals surface area (Å²) in [5.74, 6) is -0.0420. The third-order valence-corrected chi connectivity index (χ3v) is 2.79. The average molecular weight is 286 g/mol. The highest BCUT2D eigenvalue weighted by Crippen LogP contribution is 2.26. The van der Waals surface area contributed by atoms with Gasteiger partial charge in [-0.1, -0.05) is 6.07 Å². The Morgan fingerprint density at radius 3 is 2.75 bits per heavy atom. The Balaban J connectivity index is 2.12. The van der Waals surface area contributed by atoms with Gasteiger partial charge in [0.2, 0.25) is 5.91 Å². The van der Waals surface area contributed by atoms with Gasteiger partial charge in [0, 0.05) is 11.6 Å². The Bertz CT molecular complexity index is 620. The van der Waals surface area contributed by atoms with E-state index in [4.69, 9.17) is 4.74 Å². The van der Waals surface area contributed by atoms with Crippen molar-refractivity contribution in [3.05, 3.63) is 30.5 Å². The number of nitrogens with zero attached hydrogens (tertiary/aromatic N) is 1. The second-order valence-electron chi connectivity index (χ2n) is 4.23. The van der Waals surface area contributed by atoms with E-state index in [9.17, 15) is 18.0 Å². The van der Waals surface area contributed by atoms with Crippen LogP contribution in [0.3, 0.4) is 0 Å². The molecule has 2 rings (SSSR count). The zero-order chi connectivity index (χ0) is 14.8. The molecule has 0 saturated carbocycles. The summed E-state index contributed by atoms with van der Waals surface area (Å²) in [6.45, 7) is -1.50. The van der Waals surface area contributed by atoms with Crippen LogP contribution >= 0.6 is 0 Å². The van der Waals surface area contributed by atoms with Gasteiger partial charge in [-0.3, -0.25) is 4.79 Å². The molecule has 0 radical (unpaired) electrons. The first-order valence-electron chi connectivity index (χ1n) is 5.86. The fourth-order valence-corrected chi connectivity index (χ4v) is 1.92. The van der Waals surface area contributed by atoms with E-state index in [2.05, 4.69) is 0 Å². The molecule has 0 aliphatic rings. The summed E-state index contributed by atoms with van der Waals surface area (Å²) in [6, 6.07) is 7.06. The SMILES string of the molecule is COc1cccc2c1ccn2CC(=O)NCC(F)(F)F. The fraction of sp³-hybridized carbons (Fsp3) is 0.308. The maximum absolute atomic E-state index is 12.0. The number of hydrogen-bond acceptors (Lipinski definition) is 2. The number of aromatic nitrogens is 1. The summed E-state index contributed by atoms with van der Waals surface area (Å²) in [5, 5.41) is 2.64. The molecule has 0 unspecified atom stereocenters. The van der Waals surface area contributed by atoms with Gasteiger partial charge < -0.3 is 14.6 Å². The molecule has 20 heavy (non-hydrogen) atoms. The van der Waals surface area contributed by atoms with Crippen LogP contribution in [0.15, 0.2) is 30.5 Å². The number of carbonyl (C=O) groups is 1. The lowest BCUT2D eigenvalue weighted by Crippen LogP contribution is -2.35. The van der Waals surface area contributed by atoms with Gasteiger partial charge in [-0.05, 0) is 18.2 Å². The van der Waals surface area contributed by atoms with Crippen LogP contribution in [0.1, 0.15) is 0 Å². The van der Waals surface area contributed by atoms with Crippen molar-refractivity contribution in [2.24, 2.45) is 0 Å². The minimum absolute atomic E-state index is 0.174. The lowest BCUT2D eigenvalue weighted by atomic mass is 10.2. The highest BCUT2D eigenvalue weighted by atomic mass is 19.4. The smallest absolute Gasteiger partial charge is 0.405 e. The molecule has 0 fully saturated rings. The lowest BCUT2D eigenvalue weighted by molar-refractivity contribution is -0.138. The maximum atomic E-state index is 12.0. The molecule has 2 aromatic rings. The third kappa shape index (κ3) is 3.23. The molecule has 7 heteroatoms. The minimum Gasteiger partial charge on any atom is -0.496 e. The summed E-state index contributed by atoms with van der Waals surface area (Å²) in [5.41, 5.74) is 0.728. The van der Waals surface area contributed by atoms with E-state index in [0.29, 0.717) is 5.75 Å². The summed E-state index contributed by atoms with van der Waals surface area (Å²) < 4.78 is 42.8. The molecule has 0 atom stereocenters. The number of fused-ring (bicyclic) bond motifs is 1. The van der Waals surface area contributed by atoms with Crippen LogP contribution in [0.25, 0.3) is 10.9 Å². The Morgan fingerprint density at radius 2 is 2.10 bits per heavy atom. The van der Waals surface area contributed by atoms with E-state index in [1.807, 2.05) is 5.32 Å². The topological polar surface area (TPSA) is 43.3 Å². The largest absolute Gasteiger partial charge is 0.496 e. The van der Waals surface area contributed by atoms with Crippen molar-refractivity contribution in [2.45, 2.75) is 12.7 Å². The first kappa shape index (κ1) is 14.2. The Labute approximate surface area is 113 Å². The van der Waals surface area contributed by atoms with Crippen LogP contribution in [-0.2, 0) is 11.3 Å². The number of hydrogen-bond donors (Lipinski definition) is 1. The van der Waals surface area contributed by atoms with Crippen LogP contribution in [0.5, 0.6) is 5.75 Å². The Kier molecular flexibility index (Phi) is 3.87. The van der Waals surface area contributed by atoms with Gasteiger partial charge >= 0.3 is 6.18 Å². The van der Waals surface area contributed by atoms with Crippen molar-refractivity contribution in [2.75, 3.05) is 13.7 Å². The van der Waals surface area contributed by atoms with Crippen LogP contribution in [0.4, 0.5) is 13.2 Å². The number of benzene rings is 1. The predicted octanol–water partition coefficient (Wildman–Crippen LogP) is 2.33. The molecule has 0 saturated heterocycles. The van der Waals surface area contributed by atoms with Crippen LogP contribution < -0.4 is 10.1 Å². The number of rotatable bonds is 4. The highest BCUT2D eigenvalue weighted by molar-refractivity contribution is 5.88. The van der Waals surface area contributed by atoms with E-state index in [0.717, 1.165) is 10.9 Å². The van der Waals surface area contributed by atoms with Crippen molar-refractivity contribution in [1.29, 1.82) is 0 Å². The molecule has 1 aromatic carbocycles. The fourth-order valence-electron chi connectivity index (χ4n) is 1.92. The van der Waals surface area contributed by atoms with Crippen molar-refractivity contribution in [1.82, 2.24) is 9.88 Å². The second kappa shape index (κ2) is 5.44. The first-order valence-corrected chi connectivity index (χ1v) is 5.86. The van der Waals surface area contributed by atoms with Crippen molar-refractivity contribution in [3.63, 3.8) is 0 Å². The van der Waals surface area contributed by atoms with E-state index in [-0.39, 0.29) is 6.54 Å². The van der Waals surface area contributed by atoms with Crippen molar-refractivity contribution >= 4 is 16.8 Å². The second-order valence-corrected chi connectivity index (χ2v) is 4.23. The lowest BCUT2D eigenvalue weighted by Gasteiger charge is -2.10. The third-order valence-electron chi connectivity index (χ3n) is 2.79. The number of alkyl halides is 3. The summed E-state index contributed by atoms with van der Waals surface area (Å²) in [7, 11) is 1.53. The van der Waals surface area contributed by atoms with Crippen LogP contribution in [-0.4, -0.2) is 30.3 Å². The van der Waals surface area contributed by atoms with E-state index < -0.39 is 18.6 Å². The quantitative estimate of drug-likeness (QED) is 0.937. The number of halogens is 3. The molecular formula is C13H13F3N2O2. The monoisotopic (exact) mass is 286 g/mol. The van der Waals surface area contributed by atoms with Gasteiger partial charge in [0.1, 0.15) is 18.8 Å². The molecule has 1 aromatic heterocycles. The van der Waals surface area contributed by atoms with Crippen LogP contribution in [0.2, 0.25) is 0 Å². The van der Waals surface area contributed by atoms with Crippen molar-refractivity contribution < 1.29 is 22.7 Å². The van der Waals surface area contributed by atoms with Gasteiger partial charge in [-0.2, -0.15) is 13.2 Å². The molecule has 1 amide bonds. The number of ether oxygens (including phenoxy) is 1. The van der Waals surface area contributed by atoms with E-state index in [1.165, 1.54) is 7.11 Å². The number of amides is 1. The first-order chi connectivity index (χ1) is 9.40. The zero-order valence-electron chi connectivity index (χ0n) is 10.7. The highest BCUT2D eigenvalue weighted by Gasteiger charge is 2.27. The maximum Gasteiger partial charge on any atom is 0.405 e. The molecule has 0 bridgehead atoms. The van der Waals surface area contributed by atoms with Gasteiger partial charge in [0.25, 0.3) is 0 Å². The minimum atomic E-state index is -4.41. The molecule has 0 spiro atoms. The normalized spacial score (nSPS) is 11.6. The summed E-state index contributed by atoms with van der Waals surface area (Å²) >= 11 is 0. The molecule has 108 valence electrons. The molecule has 1 N–H and O–H groups in total. The van der Waals surface area contributed by atoms with Gasteiger partial charge in [-0.25, -0.2) is 0 Å². The molecular weight excluding hydrogens is 273 g/mol. The number of nitrogens with one attached hydrogen (secondary N) is 1. The van der Waals surface area contributed by atoms with Gasteiger partial charge in [-0.15, -0.1) is 0 Å². The Hall–Kier alpha value is -2.18. The molecule has 0 aliphatic heterocycles. The van der Waals surface area contributed by atoms with Gasteiger partial charge in [0.05, 0.1) is 12.6 Å². The van der Waals surface area contributed by atoms with E-state index in [1.54, 1.807) is 35.0 Å². The summed E-state index contributed by atoms with van der Waals surface area (Å²) in [6.07, 6.45) is -2.77. The standard InChI is InChI=1S/C13H13F3N2O2/c1-20-11-4-2-3-10-9(11)5-6-18(10)7-12(19)17-8-13(14,15)16/h2-6H,7-8H2,1H3,(H,17,19). The van der Waals surface area contributed by atoms with Gasteiger partial charge in [0.15, 0.2) is 0 Å². The molecule has 4 nitrogen and oxygen atoms in total. The van der Waals surface area contributed by atoms with Crippen LogP contribution in [0, 0.1) is 0 Å². The average Bonchev–Trinajstić information content (AvgIpc) is 2.79. The summed E-state index contributed by atoms with van der Waals surface area (Å²) in [4.78, 5) is 11.5. The molecule has 0 aliphatic carbocycles. The number of carbonyl (C=O) groups excluding carboxylic acids is 1. The number of methoxy groups -OCH3 is 1. The zero-order valence-corrected chi connectivity index (χ0v) is 10.7. The predicted molar refractivity (Wildman–Crippen MR) is 67.6 cm³/mol. The molecule has 1 heterocycles. The van der Waals surface area contributed by atoms with Crippen molar-refractivity contribution in [3.8, 4) is 5.75 Å².